The van der Waals surface area contributed by atoms with Crippen molar-refractivity contribution in [2.24, 2.45) is 0 Å². The molecule has 6 nitrogen and oxygen atoms in total. The highest BCUT2D eigenvalue weighted by atomic mass is 79.9. The molecule has 0 saturated carbocycles. The third-order valence-electron chi connectivity index (χ3n) is 4.12. The number of rotatable bonds is 6. The van der Waals surface area contributed by atoms with Crippen LogP contribution in [0.1, 0.15) is 16.7 Å². The van der Waals surface area contributed by atoms with Crippen LogP contribution in [0.15, 0.2) is 51.8 Å². The van der Waals surface area contributed by atoms with Gasteiger partial charge in [0.2, 0.25) is 0 Å². The van der Waals surface area contributed by atoms with Gasteiger partial charge in [0.05, 0.1) is 23.0 Å². The SMILES string of the molecule is COC(=O)COc1ccc(/C=C2/SC(=O)N(Cc3cccc(C)c3)C2=O)cc1Br. The number of carbonyl (C=O) groups is 3. The molecule has 0 unspecified atom stereocenters. The lowest BCUT2D eigenvalue weighted by Gasteiger charge is -2.12. The standard InChI is InChI=1S/C21H18BrNO5S/c1-13-4-3-5-15(8-13)11-23-20(25)18(29-21(23)26)10-14-6-7-17(16(22)9-14)28-12-19(24)27-2/h3-10H,11-12H2,1-2H3/b18-10+. The normalized spacial score (nSPS) is 15.1. The number of hydrogen-bond acceptors (Lipinski definition) is 6. The van der Waals surface area contributed by atoms with Gasteiger partial charge in [0, 0.05) is 0 Å². The zero-order valence-electron chi connectivity index (χ0n) is 15.8. The summed E-state index contributed by atoms with van der Waals surface area (Å²) in [6, 6.07) is 12.9. The number of carbonyl (C=O) groups excluding carboxylic acids is 3. The van der Waals surface area contributed by atoms with Crippen molar-refractivity contribution in [1.82, 2.24) is 4.90 Å². The average Bonchev–Trinajstić information content (AvgIpc) is 2.94. The predicted molar refractivity (Wildman–Crippen MR) is 114 cm³/mol. The first kappa shape index (κ1) is 21.1. The van der Waals surface area contributed by atoms with Crippen LogP contribution in [0, 0.1) is 6.92 Å². The van der Waals surface area contributed by atoms with Crippen LogP contribution in [0.4, 0.5) is 4.79 Å². The van der Waals surface area contributed by atoms with E-state index in [2.05, 4.69) is 20.7 Å². The number of ether oxygens (including phenoxy) is 2. The Morgan fingerprint density at radius 2 is 2.00 bits per heavy atom. The summed E-state index contributed by atoms with van der Waals surface area (Å²) < 4.78 is 10.5. The van der Waals surface area contributed by atoms with Gasteiger partial charge in [-0.1, -0.05) is 35.9 Å². The first-order valence-electron chi connectivity index (χ1n) is 8.67. The molecule has 1 fully saturated rings. The third kappa shape index (κ3) is 5.27. The average molecular weight is 476 g/mol. The van der Waals surface area contributed by atoms with Gasteiger partial charge in [-0.2, -0.15) is 0 Å². The number of halogens is 1. The minimum absolute atomic E-state index is 0.202. The van der Waals surface area contributed by atoms with E-state index in [0.717, 1.165) is 28.5 Å². The maximum atomic E-state index is 12.7. The van der Waals surface area contributed by atoms with Crippen molar-refractivity contribution in [1.29, 1.82) is 0 Å². The molecule has 8 heteroatoms. The summed E-state index contributed by atoms with van der Waals surface area (Å²) in [5.74, 6) is -0.327. The van der Waals surface area contributed by atoms with Gasteiger partial charge in [0.1, 0.15) is 5.75 Å². The van der Waals surface area contributed by atoms with E-state index in [1.165, 1.54) is 12.0 Å². The molecule has 0 aliphatic carbocycles. The fourth-order valence-electron chi connectivity index (χ4n) is 2.70. The molecule has 0 radical (unpaired) electrons. The number of thioether (sulfide) groups is 1. The van der Waals surface area contributed by atoms with Gasteiger partial charge < -0.3 is 9.47 Å². The Morgan fingerprint density at radius 3 is 2.69 bits per heavy atom. The summed E-state index contributed by atoms with van der Waals surface area (Å²) in [5, 5.41) is -0.292. The van der Waals surface area contributed by atoms with Gasteiger partial charge in [-0.15, -0.1) is 0 Å². The van der Waals surface area contributed by atoms with Crippen molar-refractivity contribution < 1.29 is 23.9 Å². The predicted octanol–water partition coefficient (Wildman–Crippen LogP) is 4.55. The molecule has 0 bridgehead atoms. The lowest BCUT2D eigenvalue weighted by molar-refractivity contribution is -0.142. The smallest absolute Gasteiger partial charge is 0.343 e. The number of hydrogen-bond donors (Lipinski definition) is 0. The maximum absolute atomic E-state index is 12.7. The van der Waals surface area contributed by atoms with Crippen molar-refractivity contribution in [2.75, 3.05) is 13.7 Å². The quantitative estimate of drug-likeness (QED) is 0.450. The summed E-state index contributed by atoms with van der Waals surface area (Å²) in [6.45, 7) is 2.01. The highest BCUT2D eigenvalue weighted by molar-refractivity contribution is 9.10. The molecule has 2 aromatic rings. The first-order valence-corrected chi connectivity index (χ1v) is 10.3. The van der Waals surface area contributed by atoms with E-state index in [4.69, 9.17) is 4.74 Å². The molecule has 29 heavy (non-hydrogen) atoms. The van der Waals surface area contributed by atoms with Crippen LogP contribution in [-0.4, -0.2) is 35.7 Å². The van der Waals surface area contributed by atoms with E-state index in [1.807, 2.05) is 31.2 Å². The van der Waals surface area contributed by atoms with Crippen LogP contribution in [0.25, 0.3) is 6.08 Å². The number of benzene rings is 2. The van der Waals surface area contributed by atoms with E-state index in [0.29, 0.717) is 15.1 Å². The number of amides is 2. The molecule has 1 heterocycles. The number of methoxy groups -OCH3 is 1. The second-order valence-corrected chi connectivity index (χ2v) is 8.16. The fourth-order valence-corrected chi connectivity index (χ4v) is 4.05. The maximum Gasteiger partial charge on any atom is 0.343 e. The molecule has 0 spiro atoms. The zero-order valence-corrected chi connectivity index (χ0v) is 18.2. The molecular formula is C21H18BrNO5S. The molecule has 0 N–H and O–H groups in total. The van der Waals surface area contributed by atoms with Crippen molar-refractivity contribution in [2.45, 2.75) is 13.5 Å². The summed E-state index contributed by atoms with van der Waals surface area (Å²) in [5.41, 5.74) is 2.70. The van der Waals surface area contributed by atoms with Gasteiger partial charge in [0.25, 0.3) is 11.1 Å². The lowest BCUT2D eigenvalue weighted by atomic mass is 10.1. The van der Waals surface area contributed by atoms with Gasteiger partial charge >= 0.3 is 5.97 Å². The Balaban J connectivity index is 1.73. The van der Waals surface area contributed by atoms with Crippen molar-refractivity contribution in [3.8, 4) is 5.75 Å². The topological polar surface area (TPSA) is 72.9 Å². The van der Waals surface area contributed by atoms with E-state index in [9.17, 15) is 14.4 Å². The van der Waals surface area contributed by atoms with E-state index < -0.39 is 5.97 Å². The lowest BCUT2D eigenvalue weighted by Crippen LogP contribution is -2.27. The second kappa shape index (κ2) is 9.28. The highest BCUT2D eigenvalue weighted by Gasteiger charge is 2.35. The second-order valence-electron chi connectivity index (χ2n) is 6.31. The minimum Gasteiger partial charge on any atom is -0.481 e. The van der Waals surface area contributed by atoms with Crippen molar-refractivity contribution in [3.05, 3.63) is 68.5 Å². The van der Waals surface area contributed by atoms with Crippen LogP contribution >= 0.6 is 27.7 Å². The summed E-state index contributed by atoms with van der Waals surface area (Å²) in [6.07, 6.45) is 1.66. The van der Waals surface area contributed by atoms with Gasteiger partial charge in [-0.3, -0.25) is 14.5 Å². The Labute approximate surface area is 181 Å². The summed E-state index contributed by atoms with van der Waals surface area (Å²) >= 11 is 4.30. The number of esters is 1. The van der Waals surface area contributed by atoms with Gasteiger partial charge in [-0.05, 0) is 64.0 Å². The number of imide groups is 1. The van der Waals surface area contributed by atoms with E-state index in [1.54, 1.807) is 24.3 Å². The van der Waals surface area contributed by atoms with Crippen molar-refractivity contribution >= 4 is 50.9 Å². The van der Waals surface area contributed by atoms with Crippen LogP contribution in [0.2, 0.25) is 0 Å². The number of nitrogens with zero attached hydrogens (tertiary/aromatic N) is 1. The Morgan fingerprint density at radius 1 is 1.21 bits per heavy atom. The molecule has 0 atom stereocenters. The molecule has 1 aliphatic heterocycles. The van der Waals surface area contributed by atoms with Crippen LogP contribution in [0.5, 0.6) is 5.75 Å². The van der Waals surface area contributed by atoms with Gasteiger partial charge in [0.15, 0.2) is 6.61 Å². The fraction of sp³-hybridized carbons (Fsp3) is 0.190. The highest BCUT2D eigenvalue weighted by Crippen LogP contribution is 2.34. The molecule has 2 amide bonds. The first-order chi connectivity index (χ1) is 13.9. The van der Waals surface area contributed by atoms with Crippen LogP contribution in [0.3, 0.4) is 0 Å². The number of aryl methyl sites for hydroxylation is 1. The monoisotopic (exact) mass is 475 g/mol. The van der Waals surface area contributed by atoms with Crippen LogP contribution in [-0.2, 0) is 20.9 Å². The van der Waals surface area contributed by atoms with Gasteiger partial charge in [-0.25, -0.2) is 4.79 Å². The third-order valence-corrected chi connectivity index (χ3v) is 5.65. The summed E-state index contributed by atoms with van der Waals surface area (Å²) in [7, 11) is 1.29. The molecule has 1 aliphatic rings. The largest absolute Gasteiger partial charge is 0.481 e. The van der Waals surface area contributed by atoms with Crippen LogP contribution < -0.4 is 4.74 Å². The molecule has 1 saturated heterocycles. The summed E-state index contributed by atoms with van der Waals surface area (Å²) in [4.78, 5) is 37.8. The molecule has 2 aromatic carbocycles. The Bertz CT molecular complexity index is 1000. The minimum atomic E-state index is -0.483. The molecule has 0 aromatic heterocycles. The molecular weight excluding hydrogens is 458 g/mol. The van der Waals surface area contributed by atoms with E-state index in [-0.39, 0.29) is 24.3 Å². The van der Waals surface area contributed by atoms with Crippen molar-refractivity contribution in [3.63, 3.8) is 0 Å². The Hall–Kier alpha value is -2.58. The Kier molecular flexibility index (Phi) is 6.76. The van der Waals surface area contributed by atoms with E-state index >= 15 is 0 Å². The molecule has 3 rings (SSSR count). The zero-order chi connectivity index (χ0) is 21.0. The molecule has 150 valence electrons.